The maximum Gasteiger partial charge on any atom is 0.325 e. The average Bonchev–Trinajstić information content (AvgIpc) is 2.45. The van der Waals surface area contributed by atoms with Crippen molar-refractivity contribution < 1.29 is 23.9 Å². The Morgan fingerprint density at radius 2 is 1.70 bits per heavy atom. The van der Waals surface area contributed by atoms with Gasteiger partial charge in [0.2, 0.25) is 0 Å². The Balaban J connectivity index is 2.93. The second-order valence-electron chi connectivity index (χ2n) is 4.00. The van der Waals surface area contributed by atoms with Crippen LogP contribution in [0.3, 0.4) is 0 Å². The van der Waals surface area contributed by atoms with Crippen LogP contribution in [0, 0.1) is 6.92 Å². The smallest absolute Gasteiger partial charge is 0.325 e. The minimum absolute atomic E-state index is 0.328. The number of hydrogen-bond donors (Lipinski definition) is 0. The summed E-state index contributed by atoms with van der Waals surface area (Å²) in [5.74, 6) is -1.70. The number of esters is 2. The van der Waals surface area contributed by atoms with Gasteiger partial charge in [-0.1, -0.05) is 0 Å². The van der Waals surface area contributed by atoms with E-state index < -0.39 is 17.8 Å². The van der Waals surface area contributed by atoms with Crippen LogP contribution >= 0.6 is 0 Å². The summed E-state index contributed by atoms with van der Waals surface area (Å²) < 4.78 is 9.02. The highest BCUT2D eigenvalue weighted by Crippen LogP contribution is 2.06. The normalized spacial score (nSPS) is 9.75. The summed E-state index contributed by atoms with van der Waals surface area (Å²) in [6.07, 6.45) is 1.48. The lowest BCUT2D eigenvalue weighted by Gasteiger charge is -2.20. The predicted molar refractivity (Wildman–Crippen MR) is 68.9 cm³/mol. The number of nitrogens with zero attached hydrogens (tertiary/aromatic N) is 2. The summed E-state index contributed by atoms with van der Waals surface area (Å²) in [6, 6.07) is 3.08. The molecule has 1 aromatic heterocycles. The fourth-order valence-corrected chi connectivity index (χ4v) is 1.50. The van der Waals surface area contributed by atoms with E-state index in [0.29, 0.717) is 11.3 Å². The largest absolute Gasteiger partial charge is 0.468 e. The standard InChI is InChI=1S/C13H16N2O5/c1-9-6-10(4-5-14-9)13(18)15(7-11(16)19-2)8-12(17)20-3/h4-6H,7-8H2,1-3H3. The number of aryl methyl sites for hydroxylation is 1. The molecule has 0 N–H and O–H groups in total. The summed E-state index contributed by atoms with van der Waals surface area (Å²) >= 11 is 0. The van der Waals surface area contributed by atoms with E-state index in [0.717, 1.165) is 4.90 Å². The lowest BCUT2D eigenvalue weighted by Crippen LogP contribution is -2.40. The molecule has 0 atom stereocenters. The van der Waals surface area contributed by atoms with Crippen molar-refractivity contribution in [1.29, 1.82) is 0 Å². The van der Waals surface area contributed by atoms with Gasteiger partial charge in [-0.3, -0.25) is 19.4 Å². The number of hydrogen-bond acceptors (Lipinski definition) is 6. The molecule has 1 aromatic rings. The summed E-state index contributed by atoms with van der Waals surface area (Å²) in [5.41, 5.74) is 0.997. The first-order chi connectivity index (χ1) is 9.47. The minimum atomic E-state index is -0.618. The molecule has 0 saturated carbocycles. The fourth-order valence-electron chi connectivity index (χ4n) is 1.50. The number of carbonyl (C=O) groups is 3. The molecule has 1 heterocycles. The molecule has 7 nitrogen and oxygen atoms in total. The second kappa shape index (κ2) is 7.22. The Hall–Kier alpha value is -2.44. The third-order valence-electron chi connectivity index (χ3n) is 2.53. The zero-order chi connectivity index (χ0) is 15.1. The summed E-state index contributed by atoms with van der Waals surface area (Å²) in [7, 11) is 2.42. The van der Waals surface area contributed by atoms with E-state index in [9.17, 15) is 14.4 Å². The van der Waals surface area contributed by atoms with Gasteiger partial charge in [0, 0.05) is 17.5 Å². The molecule has 0 radical (unpaired) electrons. The monoisotopic (exact) mass is 280 g/mol. The number of aromatic nitrogens is 1. The van der Waals surface area contributed by atoms with Crippen LogP contribution in [-0.4, -0.2) is 55.0 Å². The zero-order valence-electron chi connectivity index (χ0n) is 11.6. The number of ether oxygens (including phenoxy) is 2. The van der Waals surface area contributed by atoms with Crippen molar-refractivity contribution in [2.45, 2.75) is 6.92 Å². The van der Waals surface area contributed by atoms with E-state index in [-0.39, 0.29) is 13.1 Å². The van der Waals surface area contributed by atoms with Crippen molar-refractivity contribution >= 4 is 17.8 Å². The van der Waals surface area contributed by atoms with E-state index in [2.05, 4.69) is 14.5 Å². The topological polar surface area (TPSA) is 85.8 Å². The van der Waals surface area contributed by atoms with Crippen molar-refractivity contribution in [2.24, 2.45) is 0 Å². The summed E-state index contributed by atoms with van der Waals surface area (Å²) in [6.45, 7) is 1.08. The number of rotatable bonds is 5. The Morgan fingerprint density at radius 3 is 2.15 bits per heavy atom. The minimum Gasteiger partial charge on any atom is -0.468 e. The van der Waals surface area contributed by atoms with Crippen molar-refractivity contribution in [3.05, 3.63) is 29.6 Å². The van der Waals surface area contributed by atoms with Gasteiger partial charge < -0.3 is 14.4 Å². The van der Waals surface area contributed by atoms with Crippen LogP contribution in [0.4, 0.5) is 0 Å². The Bertz CT molecular complexity index is 497. The molecule has 0 saturated heterocycles. The van der Waals surface area contributed by atoms with Crippen LogP contribution in [0.2, 0.25) is 0 Å². The van der Waals surface area contributed by atoms with E-state index in [4.69, 9.17) is 0 Å². The second-order valence-corrected chi connectivity index (χ2v) is 4.00. The summed E-state index contributed by atoms with van der Waals surface area (Å²) in [5, 5.41) is 0. The molecule has 0 aromatic carbocycles. The molecule has 0 bridgehead atoms. The lowest BCUT2D eigenvalue weighted by atomic mass is 10.2. The first-order valence-electron chi connectivity index (χ1n) is 5.83. The predicted octanol–water partition coefficient (Wildman–Crippen LogP) is 0.178. The quantitative estimate of drug-likeness (QED) is 0.715. The molecule has 0 aliphatic rings. The fraction of sp³-hybridized carbons (Fsp3) is 0.385. The molecule has 7 heteroatoms. The number of pyridine rings is 1. The van der Waals surface area contributed by atoms with E-state index in [1.165, 1.54) is 26.5 Å². The molecular formula is C13H16N2O5. The Morgan fingerprint density at radius 1 is 1.15 bits per heavy atom. The summed E-state index contributed by atoms with van der Waals surface area (Å²) in [4.78, 5) is 40.0. The van der Waals surface area contributed by atoms with E-state index in [1.807, 2.05) is 0 Å². The highest BCUT2D eigenvalue weighted by Gasteiger charge is 2.22. The van der Waals surface area contributed by atoms with Crippen molar-refractivity contribution in [1.82, 2.24) is 9.88 Å². The van der Waals surface area contributed by atoms with Crippen molar-refractivity contribution in [3.8, 4) is 0 Å². The van der Waals surface area contributed by atoms with Crippen LogP contribution in [0.5, 0.6) is 0 Å². The molecule has 0 aliphatic carbocycles. The van der Waals surface area contributed by atoms with Gasteiger partial charge >= 0.3 is 11.9 Å². The maximum absolute atomic E-state index is 12.3. The van der Waals surface area contributed by atoms with Gasteiger partial charge in [-0.2, -0.15) is 0 Å². The van der Waals surface area contributed by atoms with Crippen LogP contribution < -0.4 is 0 Å². The molecule has 108 valence electrons. The van der Waals surface area contributed by atoms with Crippen LogP contribution in [-0.2, 0) is 19.1 Å². The van der Waals surface area contributed by atoms with Gasteiger partial charge in [-0.05, 0) is 19.1 Å². The molecule has 0 unspecified atom stereocenters. The molecule has 0 fully saturated rings. The van der Waals surface area contributed by atoms with Gasteiger partial charge in [-0.15, -0.1) is 0 Å². The van der Waals surface area contributed by atoms with Crippen LogP contribution in [0.1, 0.15) is 16.1 Å². The van der Waals surface area contributed by atoms with Gasteiger partial charge in [0.1, 0.15) is 13.1 Å². The van der Waals surface area contributed by atoms with Gasteiger partial charge in [0.05, 0.1) is 14.2 Å². The Kier molecular flexibility index (Phi) is 5.64. The van der Waals surface area contributed by atoms with Crippen LogP contribution in [0.15, 0.2) is 18.3 Å². The first kappa shape index (κ1) is 15.6. The van der Waals surface area contributed by atoms with Crippen molar-refractivity contribution in [3.63, 3.8) is 0 Å². The third-order valence-corrected chi connectivity index (χ3v) is 2.53. The number of methoxy groups -OCH3 is 2. The highest BCUT2D eigenvalue weighted by molar-refractivity contribution is 5.97. The average molecular weight is 280 g/mol. The molecular weight excluding hydrogens is 264 g/mol. The lowest BCUT2D eigenvalue weighted by molar-refractivity contribution is -0.144. The van der Waals surface area contributed by atoms with Gasteiger partial charge in [0.15, 0.2) is 0 Å². The first-order valence-corrected chi connectivity index (χ1v) is 5.83. The molecule has 1 amide bonds. The SMILES string of the molecule is COC(=O)CN(CC(=O)OC)C(=O)c1ccnc(C)c1. The van der Waals surface area contributed by atoms with Crippen molar-refractivity contribution in [2.75, 3.05) is 27.3 Å². The highest BCUT2D eigenvalue weighted by atomic mass is 16.5. The zero-order valence-corrected chi connectivity index (χ0v) is 11.6. The number of amides is 1. The van der Waals surface area contributed by atoms with Gasteiger partial charge in [-0.25, -0.2) is 0 Å². The molecule has 1 rings (SSSR count). The van der Waals surface area contributed by atoms with E-state index >= 15 is 0 Å². The Labute approximate surface area is 116 Å². The molecule has 20 heavy (non-hydrogen) atoms. The van der Waals surface area contributed by atoms with Gasteiger partial charge in [0.25, 0.3) is 5.91 Å². The van der Waals surface area contributed by atoms with E-state index in [1.54, 1.807) is 13.0 Å². The number of carbonyl (C=O) groups excluding carboxylic acids is 3. The maximum atomic E-state index is 12.3. The molecule has 0 spiro atoms. The molecule has 0 aliphatic heterocycles. The van der Waals surface area contributed by atoms with Crippen LogP contribution in [0.25, 0.3) is 0 Å². The third kappa shape index (κ3) is 4.34.